The Balaban J connectivity index is 0. The molecule has 0 aliphatic heterocycles. The predicted molar refractivity (Wildman–Crippen MR) is 93.6 cm³/mol. The van der Waals surface area contributed by atoms with E-state index in [9.17, 15) is 4.79 Å². The van der Waals surface area contributed by atoms with E-state index in [0.29, 0.717) is 6.54 Å². The Bertz CT molecular complexity index is 377. The molecule has 3 nitrogen and oxygen atoms in total. The lowest BCUT2D eigenvalue weighted by Gasteiger charge is -2.26. The van der Waals surface area contributed by atoms with E-state index >= 15 is 0 Å². The number of benzene rings is 1. The summed E-state index contributed by atoms with van der Waals surface area (Å²) < 4.78 is 0. The molecule has 1 rings (SSSR count). The summed E-state index contributed by atoms with van der Waals surface area (Å²) in [4.78, 5) is 13.3. The third-order valence-electron chi connectivity index (χ3n) is 3.14. The maximum Gasteiger partial charge on any atom is 0.219 e. The van der Waals surface area contributed by atoms with Gasteiger partial charge in [-0.25, -0.2) is 0 Å². The molecule has 1 aromatic carbocycles. The van der Waals surface area contributed by atoms with Crippen LogP contribution in [0.4, 0.5) is 0 Å². The largest absolute Gasteiger partial charge is 0.341 e. The van der Waals surface area contributed by atoms with Gasteiger partial charge in [0, 0.05) is 26.1 Å². The molecule has 0 radical (unpaired) electrons. The van der Waals surface area contributed by atoms with Gasteiger partial charge in [-0.15, -0.1) is 0 Å². The molecule has 0 heterocycles. The van der Waals surface area contributed by atoms with Crippen molar-refractivity contribution in [3.8, 4) is 0 Å². The van der Waals surface area contributed by atoms with Crippen LogP contribution in [0.5, 0.6) is 0 Å². The van der Waals surface area contributed by atoms with Crippen LogP contribution >= 0.6 is 0 Å². The molecule has 122 valence electrons. The number of carbonyl (C=O) groups excluding carboxylic acids is 1. The van der Waals surface area contributed by atoms with Crippen LogP contribution in [0, 0.1) is 6.92 Å². The predicted octanol–water partition coefficient (Wildman–Crippen LogP) is 4.18. The normalized spacial score (nSPS) is 10.5. The van der Waals surface area contributed by atoms with Crippen LogP contribution in [-0.4, -0.2) is 30.9 Å². The fourth-order valence-corrected chi connectivity index (χ4v) is 2.02. The highest BCUT2D eigenvalue weighted by atomic mass is 16.2. The Hall–Kier alpha value is -1.35. The average molecular weight is 294 g/mol. The fourth-order valence-electron chi connectivity index (χ4n) is 2.02. The molecule has 0 aliphatic carbocycles. The smallest absolute Gasteiger partial charge is 0.219 e. The van der Waals surface area contributed by atoms with Crippen molar-refractivity contribution in [2.24, 2.45) is 0 Å². The van der Waals surface area contributed by atoms with E-state index in [1.165, 1.54) is 11.1 Å². The highest BCUT2D eigenvalue weighted by molar-refractivity contribution is 5.73. The van der Waals surface area contributed by atoms with Crippen molar-refractivity contribution in [1.82, 2.24) is 10.2 Å². The van der Waals surface area contributed by atoms with Crippen LogP contribution in [0.3, 0.4) is 0 Å². The van der Waals surface area contributed by atoms with Crippen molar-refractivity contribution in [2.45, 2.75) is 54.5 Å². The first-order valence-corrected chi connectivity index (χ1v) is 8.08. The lowest BCUT2D eigenvalue weighted by Crippen LogP contribution is -2.37. The molecule has 1 atom stereocenters. The Labute approximate surface area is 131 Å². The summed E-state index contributed by atoms with van der Waals surface area (Å²) in [5.41, 5.74) is 2.51. The summed E-state index contributed by atoms with van der Waals surface area (Å²) in [5.74, 6) is 0.126. The van der Waals surface area contributed by atoms with Gasteiger partial charge in [-0.05, 0) is 32.0 Å². The van der Waals surface area contributed by atoms with Crippen LogP contribution in [0.2, 0.25) is 0 Å². The van der Waals surface area contributed by atoms with Crippen molar-refractivity contribution in [3.05, 3.63) is 35.4 Å². The number of hydrogen-bond acceptors (Lipinski definition) is 2. The van der Waals surface area contributed by atoms with Crippen molar-refractivity contribution in [1.29, 1.82) is 0 Å². The Morgan fingerprint density at radius 3 is 2.10 bits per heavy atom. The van der Waals surface area contributed by atoms with Crippen molar-refractivity contribution in [2.75, 3.05) is 20.1 Å². The van der Waals surface area contributed by atoms with Gasteiger partial charge in [-0.3, -0.25) is 4.79 Å². The third-order valence-corrected chi connectivity index (χ3v) is 3.14. The summed E-state index contributed by atoms with van der Waals surface area (Å²) in [5, 5.41) is 3.28. The van der Waals surface area contributed by atoms with E-state index in [1.54, 1.807) is 6.92 Å². The maximum atomic E-state index is 11.4. The number of aryl methyl sites for hydroxylation is 1. The second kappa shape index (κ2) is 13.6. The first kappa shape index (κ1) is 21.9. The zero-order valence-electron chi connectivity index (χ0n) is 15.2. The van der Waals surface area contributed by atoms with Crippen LogP contribution < -0.4 is 5.32 Å². The van der Waals surface area contributed by atoms with E-state index in [2.05, 4.69) is 24.4 Å². The minimum atomic E-state index is 0.126. The zero-order chi connectivity index (χ0) is 16.8. The first-order valence-electron chi connectivity index (χ1n) is 8.08. The van der Waals surface area contributed by atoms with Gasteiger partial charge in [0.15, 0.2) is 0 Å². The van der Waals surface area contributed by atoms with Gasteiger partial charge in [-0.2, -0.15) is 0 Å². The maximum absolute atomic E-state index is 11.4. The van der Waals surface area contributed by atoms with Crippen LogP contribution in [0.25, 0.3) is 0 Å². The lowest BCUT2D eigenvalue weighted by atomic mass is 10.0. The molecule has 0 bridgehead atoms. The van der Waals surface area contributed by atoms with Gasteiger partial charge in [0.05, 0.1) is 0 Å². The SMILES string of the molecule is CC.CC.CCN(CC(NC)c1ccccc1C)C(C)=O. The van der Waals surface area contributed by atoms with E-state index < -0.39 is 0 Å². The minimum absolute atomic E-state index is 0.126. The standard InChI is InChI=1S/C14H22N2O.2C2H6/c1-5-16(12(3)17)10-14(15-4)13-9-7-6-8-11(13)2;2*1-2/h6-9,14-15H,5,10H2,1-4H3;2*1-2H3. The van der Waals surface area contributed by atoms with Crippen LogP contribution in [-0.2, 0) is 4.79 Å². The second-order valence-electron chi connectivity index (χ2n) is 4.26. The van der Waals surface area contributed by atoms with Crippen molar-refractivity contribution < 1.29 is 4.79 Å². The zero-order valence-corrected chi connectivity index (χ0v) is 15.2. The van der Waals surface area contributed by atoms with Crippen LogP contribution in [0.15, 0.2) is 24.3 Å². The highest BCUT2D eigenvalue weighted by Gasteiger charge is 2.16. The third kappa shape index (κ3) is 7.86. The second-order valence-corrected chi connectivity index (χ2v) is 4.26. The molecule has 3 heteroatoms. The molecular formula is C18H34N2O. The van der Waals surface area contributed by atoms with E-state index in [1.807, 2.05) is 58.7 Å². The molecule has 0 spiro atoms. The Morgan fingerprint density at radius 2 is 1.71 bits per heavy atom. The molecule has 0 saturated carbocycles. The number of nitrogens with zero attached hydrogens (tertiary/aromatic N) is 1. The highest BCUT2D eigenvalue weighted by Crippen LogP contribution is 2.18. The monoisotopic (exact) mass is 294 g/mol. The van der Waals surface area contributed by atoms with Crippen molar-refractivity contribution >= 4 is 5.91 Å². The molecule has 0 fully saturated rings. The van der Waals surface area contributed by atoms with E-state index in [-0.39, 0.29) is 11.9 Å². The topological polar surface area (TPSA) is 32.3 Å². The van der Waals surface area contributed by atoms with E-state index in [4.69, 9.17) is 0 Å². The number of rotatable bonds is 5. The summed E-state index contributed by atoms with van der Waals surface area (Å²) in [6, 6.07) is 8.49. The number of nitrogens with one attached hydrogen (secondary N) is 1. The van der Waals surface area contributed by atoms with Gasteiger partial charge in [0.2, 0.25) is 5.91 Å². The van der Waals surface area contributed by atoms with Gasteiger partial charge in [0.25, 0.3) is 0 Å². The Morgan fingerprint density at radius 1 is 1.19 bits per heavy atom. The molecular weight excluding hydrogens is 260 g/mol. The van der Waals surface area contributed by atoms with Gasteiger partial charge < -0.3 is 10.2 Å². The quantitative estimate of drug-likeness (QED) is 0.883. The molecule has 0 aliphatic rings. The summed E-state index contributed by atoms with van der Waals surface area (Å²) >= 11 is 0. The molecule has 1 unspecified atom stereocenters. The molecule has 1 N–H and O–H groups in total. The molecule has 1 aromatic rings. The minimum Gasteiger partial charge on any atom is -0.341 e. The Kier molecular flexibility index (Phi) is 14.2. The summed E-state index contributed by atoms with van der Waals surface area (Å²) in [6.07, 6.45) is 0. The fraction of sp³-hybridized carbons (Fsp3) is 0.611. The van der Waals surface area contributed by atoms with Gasteiger partial charge in [0.1, 0.15) is 0 Å². The van der Waals surface area contributed by atoms with Gasteiger partial charge >= 0.3 is 0 Å². The molecule has 1 amide bonds. The lowest BCUT2D eigenvalue weighted by molar-refractivity contribution is -0.129. The summed E-state index contributed by atoms with van der Waals surface area (Å²) in [7, 11) is 1.94. The number of likely N-dealkylation sites (N-methyl/N-ethyl adjacent to an activating group) is 2. The van der Waals surface area contributed by atoms with Gasteiger partial charge in [-0.1, -0.05) is 52.0 Å². The van der Waals surface area contributed by atoms with Crippen molar-refractivity contribution in [3.63, 3.8) is 0 Å². The first-order chi connectivity index (χ1) is 10.1. The number of hydrogen-bond donors (Lipinski definition) is 1. The molecule has 21 heavy (non-hydrogen) atoms. The molecule has 0 aromatic heterocycles. The average Bonchev–Trinajstić information content (AvgIpc) is 2.53. The number of carbonyl (C=O) groups is 1. The number of amides is 1. The molecule has 0 saturated heterocycles. The van der Waals surface area contributed by atoms with E-state index in [0.717, 1.165) is 6.54 Å². The van der Waals surface area contributed by atoms with Crippen LogP contribution in [0.1, 0.15) is 58.7 Å². The summed E-state index contributed by atoms with van der Waals surface area (Å²) in [6.45, 7) is 15.2.